The number of halogens is 1. The molecule has 0 aromatic heterocycles. The van der Waals surface area contributed by atoms with Crippen LogP contribution in [-0.4, -0.2) is 43.0 Å². The van der Waals surface area contributed by atoms with Crippen LogP contribution in [0.4, 0.5) is 0 Å². The van der Waals surface area contributed by atoms with Gasteiger partial charge in [-0.3, -0.25) is 4.90 Å². The summed E-state index contributed by atoms with van der Waals surface area (Å²) in [6.45, 7) is 6.98. The second-order valence-corrected chi connectivity index (χ2v) is 6.37. The van der Waals surface area contributed by atoms with E-state index in [-0.39, 0.29) is 0 Å². The Bertz CT molecular complexity index is 402. The van der Waals surface area contributed by atoms with Crippen molar-refractivity contribution >= 4 is 11.6 Å². The van der Waals surface area contributed by atoms with E-state index in [0.717, 1.165) is 23.9 Å². The molecule has 0 unspecified atom stereocenters. The summed E-state index contributed by atoms with van der Waals surface area (Å²) in [5.74, 6) is 0.733. The summed E-state index contributed by atoms with van der Waals surface area (Å²) >= 11 is 5.99. The largest absolute Gasteiger partial charge is 0.305 e. The van der Waals surface area contributed by atoms with Crippen LogP contribution in [0, 0.1) is 5.92 Å². The van der Waals surface area contributed by atoms with Gasteiger partial charge in [0.05, 0.1) is 0 Å². The maximum atomic E-state index is 5.99. The number of rotatable bonds is 4. The minimum Gasteiger partial charge on any atom is -0.305 e. The molecule has 1 fully saturated rings. The Morgan fingerprint density at radius 1 is 1.26 bits per heavy atom. The first kappa shape index (κ1) is 14.8. The minimum absolute atomic E-state index is 0.518. The van der Waals surface area contributed by atoms with E-state index in [2.05, 4.69) is 49.9 Å². The summed E-state index contributed by atoms with van der Waals surface area (Å²) in [5, 5.41) is 0.819. The maximum Gasteiger partial charge on any atom is 0.0406 e. The predicted octanol–water partition coefficient (Wildman–Crippen LogP) is 3.67. The van der Waals surface area contributed by atoms with Gasteiger partial charge in [0.15, 0.2) is 0 Å². The molecular formula is C16H25ClN2. The first-order valence-corrected chi connectivity index (χ1v) is 7.56. The van der Waals surface area contributed by atoms with E-state index in [0.29, 0.717) is 12.1 Å². The fraction of sp³-hybridized carbons (Fsp3) is 0.625. The van der Waals surface area contributed by atoms with E-state index in [1.54, 1.807) is 0 Å². The number of nitrogens with zero attached hydrogens (tertiary/aromatic N) is 2. The van der Waals surface area contributed by atoms with Crippen molar-refractivity contribution in [3.63, 3.8) is 0 Å². The van der Waals surface area contributed by atoms with Crippen molar-refractivity contribution < 1.29 is 0 Å². The zero-order chi connectivity index (χ0) is 14.0. The van der Waals surface area contributed by atoms with E-state index in [1.807, 2.05) is 12.1 Å². The van der Waals surface area contributed by atoms with Crippen LogP contribution in [0.1, 0.15) is 31.9 Å². The molecule has 0 amide bonds. The second kappa shape index (κ2) is 6.25. The van der Waals surface area contributed by atoms with Crippen LogP contribution < -0.4 is 0 Å². The van der Waals surface area contributed by atoms with Gasteiger partial charge in [-0.15, -0.1) is 0 Å². The predicted molar refractivity (Wildman–Crippen MR) is 82.7 cm³/mol. The number of hydrogen-bond acceptors (Lipinski definition) is 2. The van der Waals surface area contributed by atoms with Gasteiger partial charge in [0.1, 0.15) is 0 Å². The van der Waals surface area contributed by atoms with E-state index in [9.17, 15) is 0 Å². The van der Waals surface area contributed by atoms with Crippen molar-refractivity contribution in [3.8, 4) is 0 Å². The van der Waals surface area contributed by atoms with Gasteiger partial charge in [-0.2, -0.15) is 0 Å². The van der Waals surface area contributed by atoms with Crippen LogP contribution in [0.25, 0.3) is 0 Å². The summed E-state index contributed by atoms with van der Waals surface area (Å²) in [6, 6.07) is 9.53. The first-order chi connectivity index (χ1) is 9.02. The highest BCUT2D eigenvalue weighted by Gasteiger charge is 2.34. The van der Waals surface area contributed by atoms with Crippen molar-refractivity contribution in [2.45, 2.75) is 32.4 Å². The van der Waals surface area contributed by atoms with Crippen LogP contribution in [0.2, 0.25) is 5.02 Å². The van der Waals surface area contributed by atoms with Gasteiger partial charge in [-0.1, -0.05) is 37.6 Å². The molecule has 1 aliphatic rings. The lowest BCUT2D eigenvalue weighted by atomic mass is 10.0. The molecule has 3 heteroatoms. The van der Waals surface area contributed by atoms with E-state index >= 15 is 0 Å². The molecule has 0 N–H and O–H groups in total. The smallest absolute Gasteiger partial charge is 0.0406 e. The third-order valence-electron chi connectivity index (χ3n) is 4.35. The summed E-state index contributed by atoms with van der Waals surface area (Å²) in [7, 11) is 4.38. The molecular weight excluding hydrogens is 256 g/mol. The van der Waals surface area contributed by atoms with Crippen molar-refractivity contribution in [1.82, 2.24) is 9.80 Å². The van der Waals surface area contributed by atoms with Crippen molar-refractivity contribution in [2.75, 3.05) is 27.2 Å². The van der Waals surface area contributed by atoms with Gasteiger partial charge in [-0.25, -0.2) is 0 Å². The average Bonchev–Trinajstić information content (AvgIpc) is 2.75. The van der Waals surface area contributed by atoms with Gasteiger partial charge in [0.25, 0.3) is 0 Å². The van der Waals surface area contributed by atoms with E-state index < -0.39 is 0 Å². The normalized spacial score (nSPS) is 26.0. The topological polar surface area (TPSA) is 6.48 Å². The molecule has 1 aromatic rings. The van der Waals surface area contributed by atoms with Crippen LogP contribution in [0.3, 0.4) is 0 Å². The van der Waals surface area contributed by atoms with Crippen LogP contribution >= 0.6 is 11.6 Å². The van der Waals surface area contributed by atoms with Crippen molar-refractivity contribution in [1.29, 1.82) is 0 Å². The molecule has 1 saturated heterocycles. The van der Waals surface area contributed by atoms with Crippen molar-refractivity contribution in [3.05, 3.63) is 34.9 Å². The summed E-state index contributed by atoms with van der Waals surface area (Å²) in [6.07, 6.45) is 1.15. The minimum atomic E-state index is 0.518. The molecule has 1 heterocycles. The Morgan fingerprint density at radius 3 is 2.37 bits per heavy atom. The quantitative estimate of drug-likeness (QED) is 0.830. The summed E-state index contributed by atoms with van der Waals surface area (Å²) < 4.78 is 0. The molecule has 0 saturated carbocycles. The zero-order valence-corrected chi connectivity index (χ0v) is 13.2. The second-order valence-electron chi connectivity index (χ2n) is 5.94. The van der Waals surface area contributed by atoms with Crippen LogP contribution in [-0.2, 0) is 0 Å². The lowest BCUT2D eigenvalue weighted by Gasteiger charge is -2.28. The number of benzene rings is 1. The van der Waals surface area contributed by atoms with E-state index in [4.69, 9.17) is 11.6 Å². The molecule has 3 atom stereocenters. The van der Waals surface area contributed by atoms with Gasteiger partial charge in [0.2, 0.25) is 0 Å². The van der Waals surface area contributed by atoms with Gasteiger partial charge >= 0.3 is 0 Å². The molecule has 1 aliphatic heterocycles. The Labute approximate surface area is 122 Å². The number of likely N-dealkylation sites (tertiary alicyclic amines) is 1. The van der Waals surface area contributed by atoms with Crippen LogP contribution in [0.15, 0.2) is 24.3 Å². The Morgan fingerprint density at radius 2 is 1.89 bits per heavy atom. The Kier molecular flexibility index (Phi) is 4.88. The molecule has 0 bridgehead atoms. The summed E-state index contributed by atoms with van der Waals surface area (Å²) in [5.41, 5.74) is 1.39. The van der Waals surface area contributed by atoms with Gasteiger partial charge in [-0.05, 0) is 44.1 Å². The summed E-state index contributed by atoms with van der Waals surface area (Å²) in [4.78, 5) is 4.98. The third kappa shape index (κ3) is 3.31. The third-order valence-corrected chi connectivity index (χ3v) is 4.60. The lowest BCUT2D eigenvalue weighted by molar-refractivity contribution is 0.212. The molecule has 1 aromatic carbocycles. The maximum absolute atomic E-state index is 5.99. The van der Waals surface area contributed by atoms with Gasteiger partial charge in [0, 0.05) is 30.2 Å². The Hall–Kier alpha value is -0.570. The molecule has 106 valence electrons. The van der Waals surface area contributed by atoms with Crippen molar-refractivity contribution in [2.24, 2.45) is 5.92 Å². The molecule has 0 radical (unpaired) electrons. The molecule has 0 spiro atoms. The number of likely N-dealkylation sites (N-methyl/N-ethyl adjacent to an activating group) is 1. The molecule has 19 heavy (non-hydrogen) atoms. The molecule has 2 nitrogen and oxygen atoms in total. The van der Waals surface area contributed by atoms with Gasteiger partial charge < -0.3 is 4.90 Å². The SMILES string of the molecule is CC[C@H](c1ccc(Cl)cc1)N1C[C@@H](C)[C@H](N(C)C)C1. The fourth-order valence-corrected chi connectivity index (χ4v) is 3.43. The highest BCUT2D eigenvalue weighted by Crippen LogP contribution is 2.31. The highest BCUT2D eigenvalue weighted by molar-refractivity contribution is 6.30. The Balaban J connectivity index is 2.13. The number of hydrogen-bond donors (Lipinski definition) is 0. The molecule has 2 rings (SSSR count). The van der Waals surface area contributed by atoms with Crippen LogP contribution in [0.5, 0.6) is 0 Å². The fourth-order valence-electron chi connectivity index (χ4n) is 3.30. The molecule has 0 aliphatic carbocycles. The standard InChI is InChI=1S/C16H25ClN2/c1-5-15(13-6-8-14(17)9-7-13)19-10-12(2)16(11-19)18(3)4/h6-9,12,15-16H,5,10-11H2,1-4H3/t12-,15-,16-/m1/s1. The lowest BCUT2D eigenvalue weighted by Crippen LogP contribution is -2.35. The first-order valence-electron chi connectivity index (χ1n) is 7.18. The highest BCUT2D eigenvalue weighted by atomic mass is 35.5. The average molecular weight is 281 g/mol. The zero-order valence-electron chi connectivity index (χ0n) is 12.4. The van der Waals surface area contributed by atoms with E-state index in [1.165, 1.54) is 12.1 Å². The monoisotopic (exact) mass is 280 g/mol.